The standard InChI is InChI=1S/C19H24N4O3/c1-14-8-9-16(17(11-14)26-13-18(24)22(2)3)21-19(25)23(4)12-15-7-5-6-10-20-15/h5-11H,12-13H2,1-4H3,(H,21,25). The number of aromatic nitrogens is 1. The molecule has 1 heterocycles. The molecule has 0 saturated carbocycles. The minimum atomic E-state index is -0.289. The molecule has 138 valence electrons. The highest BCUT2D eigenvalue weighted by molar-refractivity contribution is 5.91. The van der Waals surface area contributed by atoms with Crippen LogP contribution in [0.15, 0.2) is 42.6 Å². The van der Waals surface area contributed by atoms with E-state index in [1.165, 1.54) is 9.80 Å². The molecule has 7 heteroatoms. The Bertz CT molecular complexity index is 763. The summed E-state index contributed by atoms with van der Waals surface area (Å²) < 4.78 is 5.60. The SMILES string of the molecule is Cc1ccc(NC(=O)N(C)Cc2ccccn2)c(OCC(=O)N(C)C)c1. The van der Waals surface area contributed by atoms with Gasteiger partial charge in [-0.05, 0) is 36.8 Å². The van der Waals surface area contributed by atoms with Crippen molar-refractivity contribution in [1.82, 2.24) is 14.8 Å². The van der Waals surface area contributed by atoms with E-state index in [-0.39, 0.29) is 18.5 Å². The summed E-state index contributed by atoms with van der Waals surface area (Å²) in [6, 6.07) is 10.7. The Labute approximate surface area is 153 Å². The van der Waals surface area contributed by atoms with Gasteiger partial charge in [0, 0.05) is 27.3 Å². The van der Waals surface area contributed by atoms with Gasteiger partial charge in [0.05, 0.1) is 17.9 Å². The second-order valence-electron chi connectivity index (χ2n) is 6.18. The van der Waals surface area contributed by atoms with Crippen molar-refractivity contribution in [3.63, 3.8) is 0 Å². The normalized spacial score (nSPS) is 10.2. The van der Waals surface area contributed by atoms with Crippen LogP contribution in [-0.2, 0) is 11.3 Å². The van der Waals surface area contributed by atoms with Gasteiger partial charge in [-0.25, -0.2) is 4.79 Å². The molecular formula is C19H24N4O3. The van der Waals surface area contributed by atoms with Crippen molar-refractivity contribution in [3.8, 4) is 5.75 Å². The van der Waals surface area contributed by atoms with Crippen LogP contribution in [0.2, 0.25) is 0 Å². The van der Waals surface area contributed by atoms with Crippen LogP contribution in [0, 0.1) is 6.92 Å². The Morgan fingerprint density at radius 2 is 1.92 bits per heavy atom. The molecule has 0 unspecified atom stereocenters. The minimum absolute atomic E-state index is 0.0941. The molecule has 0 aliphatic carbocycles. The average Bonchev–Trinajstić information content (AvgIpc) is 2.62. The maximum atomic E-state index is 12.5. The predicted octanol–water partition coefficient (Wildman–Crippen LogP) is 2.52. The van der Waals surface area contributed by atoms with E-state index in [1.54, 1.807) is 39.5 Å². The van der Waals surface area contributed by atoms with E-state index in [2.05, 4.69) is 10.3 Å². The molecule has 0 radical (unpaired) electrons. The zero-order chi connectivity index (χ0) is 19.1. The van der Waals surface area contributed by atoms with Crippen LogP contribution in [0.4, 0.5) is 10.5 Å². The van der Waals surface area contributed by atoms with E-state index in [1.807, 2.05) is 31.2 Å². The number of aryl methyl sites for hydroxylation is 1. The summed E-state index contributed by atoms with van der Waals surface area (Å²) in [7, 11) is 5.02. The van der Waals surface area contributed by atoms with E-state index in [4.69, 9.17) is 4.74 Å². The van der Waals surface area contributed by atoms with Gasteiger partial charge in [-0.3, -0.25) is 9.78 Å². The number of anilines is 1. The molecular weight excluding hydrogens is 332 g/mol. The molecule has 0 spiro atoms. The van der Waals surface area contributed by atoms with Crippen molar-refractivity contribution in [1.29, 1.82) is 0 Å². The van der Waals surface area contributed by atoms with Crippen LogP contribution in [0.25, 0.3) is 0 Å². The number of nitrogens with one attached hydrogen (secondary N) is 1. The van der Waals surface area contributed by atoms with Gasteiger partial charge in [0.15, 0.2) is 6.61 Å². The molecule has 0 aliphatic heterocycles. The fourth-order valence-corrected chi connectivity index (χ4v) is 2.14. The van der Waals surface area contributed by atoms with Crippen molar-refractivity contribution in [2.45, 2.75) is 13.5 Å². The van der Waals surface area contributed by atoms with E-state index in [0.29, 0.717) is 18.0 Å². The molecule has 0 saturated heterocycles. The molecule has 2 rings (SSSR count). The summed E-state index contributed by atoms with van der Waals surface area (Å²) in [6.07, 6.45) is 1.69. The molecule has 1 aromatic heterocycles. The fourth-order valence-electron chi connectivity index (χ4n) is 2.14. The van der Waals surface area contributed by atoms with Gasteiger partial charge in [0.1, 0.15) is 5.75 Å². The zero-order valence-corrected chi connectivity index (χ0v) is 15.5. The van der Waals surface area contributed by atoms with Crippen LogP contribution in [0.1, 0.15) is 11.3 Å². The van der Waals surface area contributed by atoms with Crippen LogP contribution in [0.5, 0.6) is 5.75 Å². The third-order valence-electron chi connectivity index (χ3n) is 3.70. The number of carbonyl (C=O) groups is 2. The van der Waals surface area contributed by atoms with Gasteiger partial charge in [-0.1, -0.05) is 12.1 Å². The van der Waals surface area contributed by atoms with Crippen molar-refractivity contribution < 1.29 is 14.3 Å². The highest BCUT2D eigenvalue weighted by Gasteiger charge is 2.14. The molecule has 2 aromatic rings. The molecule has 0 atom stereocenters. The zero-order valence-electron chi connectivity index (χ0n) is 15.5. The van der Waals surface area contributed by atoms with Gasteiger partial charge in [0.2, 0.25) is 0 Å². The lowest BCUT2D eigenvalue weighted by molar-refractivity contribution is -0.130. The number of hydrogen-bond donors (Lipinski definition) is 1. The Morgan fingerprint density at radius 1 is 1.15 bits per heavy atom. The largest absolute Gasteiger partial charge is 0.482 e. The van der Waals surface area contributed by atoms with Crippen molar-refractivity contribution in [3.05, 3.63) is 53.9 Å². The lowest BCUT2D eigenvalue weighted by Crippen LogP contribution is -2.31. The van der Waals surface area contributed by atoms with E-state index < -0.39 is 0 Å². The van der Waals surface area contributed by atoms with Crippen molar-refractivity contribution >= 4 is 17.6 Å². The number of amides is 3. The molecule has 0 bridgehead atoms. The van der Waals surface area contributed by atoms with E-state index >= 15 is 0 Å². The second kappa shape index (κ2) is 8.84. The smallest absolute Gasteiger partial charge is 0.322 e. The number of benzene rings is 1. The van der Waals surface area contributed by atoms with Crippen LogP contribution in [0.3, 0.4) is 0 Å². The third-order valence-corrected chi connectivity index (χ3v) is 3.70. The summed E-state index contributed by atoms with van der Waals surface area (Å²) in [5.41, 5.74) is 2.28. The molecule has 7 nitrogen and oxygen atoms in total. The number of hydrogen-bond acceptors (Lipinski definition) is 4. The number of likely N-dealkylation sites (N-methyl/N-ethyl adjacent to an activating group) is 1. The second-order valence-corrected chi connectivity index (χ2v) is 6.18. The van der Waals surface area contributed by atoms with Crippen LogP contribution in [-0.4, -0.2) is 54.5 Å². The number of rotatable bonds is 6. The van der Waals surface area contributed by atoms with Crippen LogP contribution >= 0.6 is 0 Å². The highest BCUT2D eigenvalue weighted by Crippen LogP contribution is 2.26. The molecule has 3 amide bonds. The maximum absolute atomic E-state index is 12.5. The first-order valence-electron chi connectivity index (χ1n) is 8.22. The minimum Gasteiger partial charge on any atom is -0.482 e. The number of nitrogens with zero attached hydrogens (tertiary/aromatic N) is 3. The Kier molecular flexibility index (Phi) is 6.54. The predicted molar refractivity (Wildman–Crippen MR) is 100 cm³/mol. The molecule has 1 aromatic carbocycles. The highest BCUT2D eigenvalue weighted by atomic mass is 16.5. The monoisotopic (exact) mass is 356 g/mol. The van der Waals surface area contributed by atoms with Gasteiger partial charge >= 0.3 is 6.03 Å². The lowest BCUT2D eigenvalue weighted by atomic mass is 10.2. The first kappa shape index (κ1) is 19.2. The quantitative estimate of drug-likeness (QED) is 0.863. The molecule has 0 fully saturated rings. The summed E-state index contributed by atoms with van der Waals surface area (Å²) in [5, 5.41) is 2.82. The topological polar surface area (TPSA) is 74.8 Å². The lowest BCUT2D eigenvalue weighted by Gasteiger charge is -2.19. The van der Waals surface area contributed by atoms with Gasteiger partial charge < -0.3 is 19.9 Å². The Balaban J connectivity index is 2.05. The summed E-state index contributed by atoms with van der Waals surface area (Å²) in [6.45, 7) is 2.20. The maximum Gasteiger partial charge on any atom is 0.322 e. The molecule has 0 aliphatic rings. The number of carbonyl (C=O) groups excluding carboxylic acids is 2. The van der Waals surface area contributed by atoms with Crippen molar-refractivity contribution in [2.24, 2.45) is 0 Å². The molecule has 1 N–H and O–H groups in total. The van der Waals surface area contributed by atoms with Gasteiger partial charge in [0.25, 0.3) is 5.91 Å². The number of ether oxygens (including phenoxy) is 1. The fraction of sp³-hybridized carbons (Fsp3) is 0.316. The number of pyridine rings is 1. The van der Waals surface area contributed by atoms with Gasteiger partial charge in [-0.2, -0.15) is 0 Å². The Morgan fingerprint density at radius 3 is 2.58 bits per heavy atom. The summed E-state index contributed by atoms with van der Waals surface area (Å²) in [4.78, 5) is 31.4. The summed E-state index contributed by atoms with van der Waals surface area (Å²) >= 11 is 0. The first-order valence-corrected chi connectivity index (χ1v) is 8.22. The average molecular weight is 356 g/mol. The number of urea groups is 1. The Hall–Kier alpha value is -3.09. The van der Waals surface area contributed by atoms with E-state index in [0.717, 1.165) is 11.3 Å². The van der Waals surface area contributed by atoms with E-state index in [9.17, 15) is 9.59 Å². The summed E-state index contributed by atoms with van der Waals surface area (Å²) in [5.74, 6) is 0.302. The first-order chi connectivity index (χ1) is 12.4. The van der Waals surface area contributed by atoms with Crippen molar-refractivity contribution in [2.75, 3.05) is 33.1 Å². The molecule has 26 heavy (non-hydrogen) atoms. The van der Waals surface area contributed by atoms with Gasteiger partial charge in [-0.15, -0.1) is 0 Å². The third kappa shape index (κ3) is 5.47. The van der Waals surface area contributed by atoms with Crippen LogP contribution < -0.4 is 10.1 Å².